The van der Waals surface area contributed by atoms with Crippen molar-refractivity contribution in [2.75, 3.05) is 23.9 Å². The molecule has 1 N–H and O–H groups in total. The fourth-order valence-electron chi connectivity index (χ4n) is 3.35. The summed E-state index contributed by atoms with van der Waals surface area (Å²) >= 11 is 0. The van der Waals surface area contributed by atoms with Crippen LogP contribution in [0, 0.1) is 0 Å². The van der Waals surface area contributed by atoms with E-state index in [0.29, 0.717) is 36.5 Å². The van der Waals surface area contributed by atoms with Gasteiger partial charge in [0.2, 0.25) is 5.91 Å². The minimum Gasteiger partial charge on any atom is -0.494 e. The first-order valence-electron chi connectivity index (χ1n) is 9.35. The van der Waals surface area contributed by atoms with Crippen LogP contribution < -0.4 is 15.0 Å². The van der Waals surface area contributed by atoms with Gasteiger partial charge >= 0.3 is 0 Å². The highest BCUT2D eigenvalue weighted by Crippen LogP contribution is 2.34. The number of ether oxygens (including phenoxy) is 1. The third-order valence-corrected chi connectivity index (χ3v) is 4.83. The smallest absolute Gasteiger partial charge is 0.255 e. The van der Waals surface area contributed by atoms with Gasteiger partial charge in [-0.2, -0.15) is 5.10 Å². The van der Waals surface area contributed by atoms with Gasteiger partial charge in [0.15, 0.2) is 0 Å². The number of anilines is 2. The molecule has 3 aromatic rings. The van der Waals surface area contributed by atoms with Gasteiger partial charge in [0.05, 0.1) is 19.3 Å². The lowest BCUT2D eigenvalue weighted by Gasteiger charge is -2.19. The molecule has 2 heterocycles. The van der Waals surface area contributed by atoms with Crippen LogP contribution in [-0.2, 0) is 11.3 Å². The molecule has 2 aromatic carbocycles. The highest BCUT2D eigenvalue weighted by molar-refractivity contribution is 6.05. The number of benzene rings is 2. The van der Waals surface area contributed by atoms with Crippen LogP contribution in [0.5, 0.6) is 5.75 Å². The van der Waals surface area contributed by atoms with E-state index in [1.54, 1.807) is 53.4 Å². The topological polar surface area (TPSA) is 89.3 Å². The van der Waals surface area contributed by atoms with Crippen LogP contribution >= 0.6 is 0 Å². The number of carbonyl (C=O) groups excluding carboxylic acids is 2. The minimum atomic E-state index is -0.218. The number of amides is 2. The van der Waals surface area contributed by atoms with Gasteiger partial charge in [0, 0.05) is 30.3 Å². The van der Waals surface area contributed by atoms with Crippen LogP contribution in [0.25, 0.3) is 0 Å². The summed E-state index contributed by atoms with van der Waals surface area (Å²) in [5, 5.41) is 6.95. The maximum atomic E-state index is 12.6. The molecule has 0 radical (unpaired) electrons. The summed E-state index contributed by atoms with van der Waals surface area (Å²) in [6, 6.07) is 12.6. The van der Waals surface area contributed by atoms with Crippen molar-refractivity contribution in [3.8, 4) is 5.75 Å². The summed E-state index contributed by atoms with van der Waals surface area (Å²) in [7, 11) is 1.55. The van der Waals surface area contributed by atoms with Gasteiger partial charge in [-0.3, -0.25) is 9.59 Å². The third-order valence-electron chi connectivity index (χ3n) is 4.83. The number of nitrogens with one attached hydrogen (secondary N) is 1. The van der Waals surface area contributed by atoms with Gasteiger partial charge in [-0.05, 0) is 36.2 Å². The van der Waals surface area contributed by atoms with Crippen molar-refractivity contribution in [2.45, 2.75) is 19.4 Å². The molecule has 0 atom stereocenters. The molecule has 0 spiro atoms. The van der Waals surface area contributed by atoms with Crippen LogP contribution in [0.4, 0.5) is 11.4 Å². The Morgan fingerprint density at radius 1 is 1.21 bits per heavy atom. The van der Waals surface area contributed by atoms with E-state index in [0.717, 1.165) is 17.7 Å². The van der Waals surface area contributed by atoms with Crippen molar-refractivity contribution < 1.29 is 14.3 Å². The highest BCUT2D eigenvalue weighted by atomic mass is 16.5. The van der Waals surface area contributed by atoms with E-state index in [4.69, 9.17) is 4.74 Å². The summed E-state index contributed by atoms with van der Waals surface area (Å²) in [4.78, 5) is 30.2. The Morgan fingerprint density at radius 2 is 2.03 bits per heavy atom. The van der Waals surface area contributed by atoms with Crippen LogP contribution in [-0.4, -0.2) is 40.2 Å². The Labute approximate surface area is 168 Å². The van der Waals surface area contributed by atoms with E-state index >= 15 is 0 Å². The van der Waals surface area contributed by atoms with Gasteiger partial charge in [-0.1, -0.05) is 12.1 Å². The summed E-state index contributed by atoms with van der Waals surface area (Å²) < 4.78 is 7.16. The third kappa shape index (κ3) is 4.11. The molecule has 0 unspecified atom stereocenters. The van der Waals surface area contributed by atoms with E-state index in [9.17, 15) is 9.59 Å². The van der Waals surface area contributed by atoms with Crippen LogP contribution in [0.15, 0.2) is 55.1 Å². The molecule has 0 bridgehead atoms. The van der Waals surface area contributed by atoms with Gasteiger partial charge in [-0.25, -0.2) is 9.67 Å². The zero-order valence-corrected chi connectivity index (χ0v) is 16.0. The molecule has 4 rings (SSSR count). The second-order valence-corrected chi connectivity index (χ2v) is 6.78. The number of nitrogens with zero attached hydrogens (tertiary/aromatic N) is 4. The number of carbonyl (C=O) groups is 2. The molecule has 0 aliphatic carbocycles. The van der Waals surface area contributed by atoms with Crippen LogP contribution in [0.1, 0.15) is 28.8 Å². The fourth-order valence-corrected chi connectivity index (χ4v) is 3.35. The molecule has 29 heavy (non-hydrogen) atoms. The van der Waals surface area contributed by atoms with Crippen LogP contribution in [0.3, 0.4) is 0 Å². The lowest BCUT2D eigenvalue weighted by Crippen LogP contribution is -2.24. The van der Waals surface area contributed by atoms with E-state index in [2.05, 4.69) is 15.4 Å². The maximum absolute atomic E-state index is 12.6. The largest absolute Gasteiger partial charge is 0.494 e. The predicted octanol–water partition coefficient (Wildman–Crippen LogP) is 2.71. The summed E-state index contributed by atoms with van der Waals surface area (Å²) in [5.74, 6) is 0.427. The zero-order chi connectivity index (χ0) is 20.2. The van der Waals surface area contributed by atoms with Crippen LogP contribution in [0.2, 0.25) is 0 Å². The number of rotatable bonds is 6. The van der Waals surface area contributed by atoms with E-state index in [-0.39, 0.29) is 11.8 Å². The number of aromatic nitrogens is 3. The van der Waals surface area contributed by atoms with Crippen molar-refractivity contribution in [1.82, 2.24) is 14.8 Å². The SMILES string of the molecule is COc1cc(NC(=O)c2ccc(Cn3cncn3)cc2)ccc1N1CCCC1=O. The first kappa shape index (κ1) is 18.7. The van der Waals surface area contributed by atoms with Crippen molar-refractivity contribution in [3.05, 3.63) is 66.2 Å². The molecule has 2 amide bonds. The summed E-state index contributed by atoms with van der Waals surface area (Å²) in [6.45, 7) is 1.28. The number of methoxy groups -OCH3 is 1. The Morgan fingerprint density at radius 3 is 2.69 bits per heavy atom. The molecular weight excluding hydrogens is 370 g/mol. The Bertz CT molecular complexity index is 1020. The van der Waals surface area contributed by atoms with Crippen molar-refractivity contribution in [1.29, 1.82) is 0 Å². The quantitative estimate of drug-likeness (QED) is 0.698. The van der Waals surface area contributed by atoms with Gasteiger partial charge in [0.25, 0.3) is 5.91 Å². The molecule has 148 valence electrons. The van der Waals surface area contributed by atoms with Crippen molar-refractivity contribution in [2.24, 2.45) is 0 Å². The number of hydrogen-bond acceptors (Lipinski definition) is 5. The summed E-state index contributed by atoms with van der Waals surface area (Å²) in [5.41, 5.74) is 2.90. The second kappa shape index (κ2) is 8.14. The van der Waals surface area contributed by atoms with Crippen molar-refractivity contribution in [3.63, 3.8) is 0 Å². The van der Waals surface area contributed by atoms with Gasteiger partial charge < -0.3 is 15.0 Å². The Balaban J connectivity index is 1.45. The molecule has 1 saturated heterocycles. The van der Waals surface area contributed by atoms with E-state index in [1.165, 1.54) is 6.33 Å². The standard InChI is InChI=1S/C21H21N5O3/c1-29-19-11-17(8-9-18(19)26-10-2-3-20(26)27)24-21(28)16-6-4-15(5-7-16)12-25-14-22-13-23-25/h4-9,11,13-14H,2-3,10,12H2,1H3,(H,24,28). The average molecular weight is 391 g/mol. The monoisotopic (exact) mass is 391 g/mol. The molecular formula is C21H21N5O3. The first-order chi connectivity index (χ1) is 14.1. The molecule has 1 aliphatic heterocycles. The molecule has 0 saturated carbocycles. The molecule has 8 nitrogen and oxygen atoms in total. The minimum absolute atomic E-state index is 0.0890. The first-order valence-corrected chi connectivity index (χ1v) is 9.35. The van der Waals surface area contributed by atoms with E-state index in [1.807, 2.05) is 12.1 Å². The maximum Gasteiger partial charge on any atom is 0.255 e. The Kier molecular flexibility index (Phi) is 5.24. The predicted molar refractivity (Wildman–Crippen MR) is 108 cm³/mol. The lowest BCUT2D eigenvalue weighted by molar-refractivity contribution is -0.117. The van der Waals surface area contributed by atoms with E-state index < -0.39 is 0 Å². The number of hydrogen-bond donors (Lipinski definition) is 1. The summed E-state index contributed by atoms with van der Waals surface area (Å²) in [6.07, 6.45) is 4.52. The van der Waals surface area contributed by atoms with Gasteiger partial charge in [-0.15, -0.1) is 0 Å². The molecule has 1 aromatic heterocycles. The second-order valence-electron chi connectivity index (χ2n) is 6.78. The lowest BCUT2D eigenvalue weighted by atomic mass is 10.1. The van der Waals surface area contributed by atoms with Crippen molar-refractivity contribution >= 4 is 23.2 Å². The zero-order valence-electron chi connectivity index (χ0n) is 16.0. The Hall–Kier alpha value is -3.68. The highest BCUT2D eigenvalue weighted by Gasteiger charge is 2.24. The normalized spacial score (nSPS) is 13.6. The average Bonchev–Trinajstić information content (AvgIpc) is 3.40. The molecule has 8 heteroatoms. The molecule has 1 fully saturated rings. The molecule has 1 aliphatic rings. The van der Waals surface area contributed by atoms with Gasteiger partial charge in [0.1, 0.15) is 18.4 Å². The fraction of sp³-hybridized carbons (Fsp3) is 0.238.